The van der Waals surface area contributed by atoms with Gasteiger partial charge in [-0.3, -0.25) is 9.98 Å². The Hall–Kier alpha value is -3.49. The van der Waals surface area contributed by atoms with Crippen LogP contribution in [-0.4, -0.2) is 54.6 Å². The van der Waals surface area contributed by atoms with Crippen molar-refractivity contribution in [1.82, 2.24) is 9.88 Å². The average molecular weight is 743 g/mol. The Kier molecular flexibility index (Phi) is 33.2. The summed E-state index contributed by atoms with van der Waals surface area (Å²) in [5, 5.41) is 8.19. The lowest BCUT2D eigenvalue weighted by molar-refractivity contribution is 0.254. The third-order valence-electron chi connectivity index (χ3n) is 8.92. The highest BCUT2D eigenvalue weighted by Gasteiger charge is 2.10. The molecular weight excluding hydrogens is 661 g/mol. The van der Waals surface area contributed by atoms with Gasteiger partial charge in [0.25, 0.3) is 0 Å². The first-order valence-electron chi connectivity index (χ1n) is 21.2. The van der Waals surface area contributed by atoms with E-state index >= 15 is 0 Å². The molecule has 2 aromatic rings. The number of aliphatic imine (C=N–C) groups is 1. The number of nitrogens with zero attached hydrogens (tertiary/aromatic N) is 3. The van der Waals surface area contributed by atoms with E-state index in [1.807, 2.05) is 39.3 Å². The van der Waals surface area contributed by atoms with Crippen molar-refractivity contribution >= 4 is 17.5 Å². The molecule has 1 N–H and O–H groups in total. The van der Waals surface area contributed by atoms with Gasteiger partial charge in [-0.15, -0.1) is 0 Å². The van der Waals surface area contributed by atoms with Crippen LogP contribution >= 0.6 is 0 Å². The van der Waals surface area contributed by atoms with Gasteiger partial charge in [0.1, 0.15) is 5.75 Å². The Morgan fingerprint density at radius 1 is 0.926 bits per heavy atom. The highest BCUT2D eigenvalue weighted by atomic mass is 16.5. The molecule has 1 aromatic carbocycles. The monoisotopic (exact) mass is 743 g/mol. The summed E-state index contributed by atoms with van der Waals surface area (Å²) in [6.45, 7) is 33.8. The number of ether oxygens (including phenoxy) is 1. The van der Waals surface area contributed by atoms with Crippen LogP contribution in [0.15, 0.2) is 53.2 Å². The van der Waals surface area contributed by atoms with Crippen LogP contribution in [0.4, 0.5) is 0 Å². The summed E-state index contributed by atoms with van der Waals surface area (Å²) in [4.78, 5) is 12.0. The van der Waals surface area contributed by atoms with Crippen molar-refractivity contribution < 1.29 is 4.74 Å². The molecule has 0 saturated carbocycles. The largest absolute Gasteiger partial charge is 0.496 e. The first kappa shape index (κ1) is 52.6. The Balaban J connectivity index is 0. The second kappa shape index (κ2) is 34.0. The van der Waals surface area contributed by atoms with Gasteiger partial charge in [-0.05, 0) is 127 Å². The van der Waals surface area contributed by atoms with E-state index in [2.05, 4.69) is 128 Å². The predicted octanol–water partition coefficient (Wildman–Crippen LogP) is 13.7. The summed E-state index contributed by atoms with van der Waals surface area (Å²) in [5.41, 5.74) is 8.38. The van der Waals surface area contributed by atoms with Crippen LogP contribution in [0.3, 0.4) is 0 Å². The Morgan fingerprint density at radius 2 is 1.59 bits per heavy atom. The fraction of sp³-hybridized carbons (Fsp3) is 0.612. The minimum atomic E-state index is 0.114. The number of hydrogen-bond acceptors (Lipinski definition) is 5. The third-order valence-corrected chi connectivity index (χ3v) is 8.92. The molecule has 0 aliphatic heterocycles. The zero-order valence-electron chi connectivity index (χ0n) is 37.7. The number of allylic oxidation sites excluding steroid dienone is 3. The van der Waals surface area contributed by atoms with E-state index < -0.39 is 0 Å². The minimum absolute atomic E-state index is 0.114. The Bertz CT molecular complexity index is 1410. The lowest BCUT2D eigenvalue weighted by Crippen LogP contribution is -2.27. The summed E-state index contributed by atoms with van der Waals surface area (Å²) in [6.07, 6.45) is 18.8. The molecule has 5 heteroatoms. The molecule has 0 bridgehead atoms. The van der Waals surface area contributed by atoms with Crippen molar-refractivity contribution in [2.24, 2.45) is 10.9 Å². The lowest BCUT2D eigenvalue weighted by atomic mass is 10.00. The summed E-state index contributed by atoms with van der Waals surface area (Å²) < 4.78 is 5.28. The van der Waals surface area contributed by atoms with Gasteiger partial charge in [0.05, 0.1) is 18.8 Å². The maximum absolute atomic E-state index is 8.19. The molecule has 2 atom stereocenters. The van der Waals surface area contributed by atoms with Crippen molar-refractivity contribution in [1.29, 1.82) is 5.41 Å². The summed E-state index contributed by atoms with van der Waals surface area (Å²) in [7, 11) is 1.73. The molecule has 0 amide bonds. The maximum Gasteiger partial charge on any atom is 0.122 e. The zero-order chi connectivity index (χ0) is 41.3. The van der Waals surface area contributed by atoms with Gasteiger partial charge in [0, 0.05) is 35.7 Å². The van der Waals surface area contributed by atoms with Crippen LogP contribution in [0.5, 0.6) is 5.75 Å². The molecule has 304 valence electrons. The number of aryl methyl sites for hydroxylation is 3. The van der Waals surface area contributed by atoms with Crippen molar-refractivity contribution in [3.05, 3.63) is 76.1 Å². The first-order chi connectivity index (χ1) is 26.0. The number of nitrogens with one attached hydrogen (secondary N) is 1. The third kappa shape index (κ3) is 23.3. The molecule has 5 nitrogen and oxygen atoms in total. The van der Waals surface area contributed by atoms with Crippen molar-refractivity contribution in [2.75, 3.05) is 26.7 Å². The van der Waals surface area contributed by atoms with Gasteiger partial charge in [-0.25, -0.2) is 0 Å². The lowest BCUT2D eigenvalue weighted by Gasteiger charge is -2.22. The van der Waals surface area contributed by atoms with Crippen LogP contribution in [0.25, 0.3) is 5.57 Å². The number of aromatic nitrogens is 1. The highest BCUT2D eigenvalue weighted by Crippen LogP contribution is 2.21. The topological polar surface area (TPSA) is 61.6 Å². The molecule has 54 heavy (non-hydrogen) atoms. The molecule has 0 spiro atoms. The number of methoxy groups -OCH3 is 1. The first-order valence-corrected chi connectivity index (χ1v) is 21.2. The number of rotatable bonds is 19. The highest BCUT2D eigenvalue weighted by molar-refractivity contribution is 6.10. The second-order valence-corrected chi connectivity index (χ2v) is 14.0. The van der Waals surface area contributed by atoms with Gasteiger partial charge >= 0.3 is 0 Å². The van der Waals surface area contributed by atoms with E-state index in [-0.39, 0.29) is 6.04 Å². The van der Waals surface area contributed by atoms with Gasteiger partial charge in [-0.1, -0.05) is 124 Å². The average Bonchev–Trinajstić information content (AvgIpc) is 3.16. The van der Waals surface area contributed by atoms with Crippen LogP contribution in [0, 0.1) is 37.0 Å². The standard InChI is InChI=1S/C24H33N3.C12H27N.C11H16O.C2H6/c1-7-10-11-12-14-20(9-3)26-16-21(18(4)5)24-15-19(6)22(17-27-24)23(25)13-8-2;1-5-9-13(10-6-2)11-8-12(4)7-3;1-4-5-10-7-6-9(2)8-11(10)12-3;1-2/h12,14-17,20,25H,7-9,13H2,1-6H3;12H,5-11H2,1-4H3;6-8H,4-5H2,1-3H3;1-2H3/b14-12-,25-23?,26-16?;;;. The predicted molar refractivity (Wildman–Crippen MR) is 243 cm³/mol. The Labute approximate surface area is 335 Å². The van der Waals surface area contributed by atoms with Gasteiger partial charge < -0.3 is 15.0 Å². The van der Waals surface area contributed by atoms with E-state index in [9.17, 15) is 0 Å². The summed E-state index contributed by atoms with van der Waals surface area (Å²) in [6, 6.07) is 8.55. The van der Waals surface area contributed by atoms with Crippen LogP contribution in [-0.2, 0) is 6.42 Å². The molecule has 0 saturated heterocycles. The van der Waals surface area contributed by atoms with Crippen molar-refractivity contribution in [3.63, 3.8) is 0 Å². The van der Waals surface area contributed by atoms with E-state index in [1.54, 1.807) is 7.11 Å². The quantitative estimate of drug-likeness (QED) is 0.115. The molecule has 1 aromatic heterocycles. The van der Waals surface area contributed by atoms with Crippen LogP contribution in [0.2, 0.25) is 0 Å². The van der Waals surface area contributed by atoms with E-state index in [0.29, 0.717) is 5.71 Å². The molecule has 2 rings (SSSR count). The van der Waals surface area contributed by atoms with Crippen molar-refractivity contribution in [3.8, 4) is 17.6 Å². The number of hydrogen-bond donors (Lipinski definition) is 1. The van der Waals surface area contributed by atoms with Gasteiger partial charge in [0.15, 0.2) is 0 Å². The fourth-order valence-corrected chi connectivity index (χ4v) is 5.54. The maximum atomic E-state index is 8.19. The number of pyridine rings is 1. The second-order valence-electron chi connectivity index (χ2n) is 14.0. The Morgan fingerprint density at radius 3 is 2.09 bits per heavy atom. The molecule has 2 unspecified atom stereocenters. The molecule has 1 heterocycles. The van der Waals surface area contributed by atoms with E-state index in [4.69, 9.17) is 15.1 Å². The van der Waals surface area contributed by atoms with Gasteiger partial charge in [0.2, 0.25) is 0 Å². The fourth-order valence-electron chi connectivity index (χ4n) is 5.54. The summed E-state index contributed by atoms with van der Waals surface area (Å²) >= 11 is 0. The molecule has 0 aliphatic carbocycles. The summed E-state index contributed by atoms with van der Waals surface area (Å²) in [5.74, 6) is 7.99. The van der Waals surface area contributed by atoms with Crippen LogP contribution in [0.1, 0.15) is 169 Å². The van der Waals surface area contributed by atoms with E-state index in [1.165, 1.54) is 68.4 Å². The normalized spacial score (nSPS) is 11.6. The van der Waals surface area contributed by atoms with Crippen molar-refractivity contribution in [2.45, 2.75) is 167 Å². The SMILES string of the molecule is CC.CCC#C/C=C\C(CC)N=CC(=C(C)C)c1cc(C)c(C(=N)CCC)cn1.CCCN(CCC)CCC(C)CC.CCCc1ccc(C)cc1OC. The number of benzene rings is 1. The minimum Gasteiger partial charge on any atom is -0.496 e. The molecule has 0 radical (unpaired) electrons. The molecule has 0 fully saturated rings. The zero-order valence-corrected chi connectivity index (χ0v) is 37.7. The molecular formula is C49H82N4O. The molecule has 0 aliphatic rings. The van der Waals surface area contributed by atoms with E-state index in [0.717, 1.165) is 66.2 Å². The van der Waals surface area contributed by atoms with Crippen LogP contribution < -0.4 is 4.74 Å². The van der Waals surface area contributed by atoms with Gasteiger partial charge in [-0.2, -0.15) is 0 Å². The smallest absolute Gasteiger partial charge is 0.122 e.